The molecular formula is C20H26Cl2N4O. The minimum atomic E-state index is 0.367. The number of benzene rings is 1. The van der Waals surface area contributed by atoms with Crippen LogP contribution in [0.25, 0.3) is 0 Å². The van der Waals surface area contributed by atoms with Crippen LogP contribution in [-0.2, 0) is 6.42 Å². The van der Waals surface area contributed by atoms with Gasteiger partial charge in [0.05, 0.1) is 5.69 Å². The van der Waals surface area contributed by atoms with E-state index in [4.69, 9.17) is 27.9 Å². The van der Waals surface area contributed by atoms with Gasteiger partial charge in [0, 0.05) is 38.8 Å². The predicted octanol–water partition coefficient (Wildman–Crippen LogP) is 4.33. The van der Waals surface area contributed by atoms with Crippen molar-refractivity contribution in [1.29, 1.82) is 0 Å². The maximum atomic E-state index is 6.15. The molecule has 0 atom stereocenters. The number of aromatic nitrogens is 2. The second-order valence-corrected chi connectivity index (χ2v) is 7.51. The molecule has 7 heteroatoms. The largest absolute Gasteiger partial charge is 0.492 e. The number of ether oxygens (including phenoxy) is 1. The van der Waals surface area contributed by atoms with Gasteiger partial charge in [-0.15, -0.1) is 10.2 Å². The Morgan fingerprint density at radius 3 is 2.48 bits per heavy atom. The van der Waals surface area contributed by atoms with Crippen molar-refractivity contribution in [3.05, 3.63) is 46.2 Å². The number of anilines is 1. The van der Waals surface area contributed by atoms with Crippen molar-refractivity contribution in [1.82, 2.24) is 15.1 Å². The van der Waals surface area contributed by atoms with E-state index in [0.29, 0.717) is 16.9 Å². The Morgan fingerprint density at radius 1 is 1.04 bits per heavy atom. The number of halogens is 2. The molecule has 0 unspecified atom stereocenters. The summed E-state index contributed by atoms with van der Waals surface area (Å²) in [6, 6.07) is 10.3. The van der Waals surface area contributed by atoms with Crippen molar-refractivity contribution < 1.29 is 4.74 Å². The van der Waals surface area contributed by atoms with E-state index in [2.05, 4.69) is 51.2 Å². The second-order valence-electron chi connectivity index (χ2n) is 6.77. The van der Waals surface area contributed by atoms with Gasteiger partial charge in [0.15, 0.2) is 10.3 Å². The summed E-state index contributed by atoms with van der Waals surface area (Å²) in [4.78, 5) is 4.60. The molecule has 27 heavy (non-hydrogen) atoms. The van der Waals surface area contributed by atoms with E-state index in [1.54, 1.807) is 6.07 Å². The van der Waals surface area contributed by atoms with Gasteiger partial charge in [0.2, 0.25) is 0 Å². The first-order valence-electron chi connectivity index (χ1n) is 9.53. The zero-order chi connectivity index (χ0) is 19.1. The van der Waals surface area contributed by atoms with Crippen molar-refractivity contribution >= 4 is 28.9 Å². The standard InChI is InChI=1S/C20H26Cl2N4O/c1-2-3-4-16-5-7-17(8-6-16)27-14-13-25-9-11-26(12-10-25)18-15-19(21)23-24-20(18)22/h5-8,15H,2-4,9-14H2,1H3. The van der Waals surface area contributed by atoms with Gasteiger partial charge in [0.25, 0.3) is 0 Å². The van der Waals surface area contributed by atoms with E-state index in [9.17, 15) is 0 Å². The third-order valence-electron chi connectivity index (χ3n) is 4.83. The van der Waals surface area contributed by atoms with Crippen LogP contribution in [0.4, 0.5) is 5.69 Å². The summed E-state index contributed by atoms with van der Waals surface area (Å²) >= 11 is 12.1. The molecule has 1 aliphatic heterocycles. The van der Waals surface area contributed by atoms with Crippen molar-refractivity contribution in [3.63, 3.8) is 0 Å². The quantitative estimate of drug-likeness (QED) is 0.649. The molecule has 1 aromatic carbocycles. The van der Waals surface area contributed by atoms with Gasteiger partial charge in [-0.3, -0.25) is 4.90 Å². The Bertz CT molecular complexity index is 718. The summed E-state index contributed by atoms with van der Waals surface area (Å²) in [7, 11) is 0. The first-order chi connectivity index (χ1) is 13.2. The van der Waals surface area contributed by atoms with Crippen LogP contribution in [0.3, 0.4) is 0 Å². The van der Waals surface area contributed by atoms with Gasteiger partial charge in [-0.25, -0.2) is 0 Å². The number of rotatable bonds is 8. The van der Waals surface area contributed by atoms with Crippen molar-refractivity contribution in [2.75, 3.05) is 44.2 Å². The molecule has 1 saturated heterocycles. The van der Waals surface area contributed by atoms with Crippen LogP contribution in [0.1, 0.15) is 25.3 Å². The number of nitrogens with zero attached hydrogens (tertiary/aromatic N) is 4. The van der Waals surface area contributed by atoms with Crippen LogP contribution in [0.15, 0.2) is 30.3 Å². The fourth-order valence-corrected chi connectivity index (χ4v) is 3.56. The average Bonchev–Trinajstić information content (AvgIpc) is 2.70. The van der Waals surface area contributed by atoms with E-state index >= 15 is 0 Å². The Kier molecular flexibility index (Phi) is 7.56. The minimum absolute atomic E-state index is 0.367. The lowest BCUT2D eigenvalue weighted by Crippen LogP contribution is -2.47. The van der Waals surface area contributed by atoms with E-state index in [0.717, 1.165) is 50.6 Å². The molecule has 2 heterocycles. The number of piperazine rings is 1. The molecule has 2 aromatic rings. The average molecular weight is 409 g/mol. The Hall–Kier alpha value is -1.56. The second kappa shape index (κ2) is 10.1. The molecule has 0 saturated carbocycles. The lowest BCUT2D eigenvalue weighted by molar-refractivity contribution is 0.200. The first-order valence-corrected chi connectivity index (χ1v) is 10.3. The van der Waals surface area contributed by atoms with Gasteiger partial charge >= 0.3 is 0 Å². The molecule has 1 aliphatic rings. The van der Waals surface area contributed by atoms with E-state index in [1.807, 2.05) is 0 Å². The normalized spacial score (nSPS) is 15.1. The summed E-state index contributed by atoms with van der Waals surface area (Å²) in [5.41, 5.74) is 2.24. The van der Waals surface area contributed by atoms with Gasteiger partial charge in [-0.2, -0.15) is 0 Å². The predicted molar refractivity (Wildman–Crippen MR) is 111 cm³/mol. The smallest absolute Gasteiger partial charge is 0.175 e. The first kappa shape index (κ1) is 20.2. The molecule has 0 radical (unpaired) electrons. The third-order valence-corrected chi connectivity index (χ3v) is 5.29. The van der Waals surface area contributed by atoms with Crippen LogP contribution in [0.2, 0.25) is 10.3 Å². The van der Waals surface area contributed by atoms with Crippen LogP contribution in [0.5, 0.6) is 5.75 Å². The van der Waals surface area contributed by atoms with Gasteiger partial charge in [-0.05, 0) is 30.5 Å². The highest BCUT2D eigenvalue weighted by Crippen LogP contribution is 2.26. The lowest BCUT2D eigenvalue weighted by atomic mass is 10.1. The maximum absolute atomic E-state index is 6.15. The number of hydrogen-bond acceptors (Lipinski definition) is 5. The van der Waals surface area contributed by atoms with Crippen molar-refractivity contribution in [2.24, 2.45) is 0 Å². The topological polar surface area (TPSA) is 41.5 Å². The summed E-state index contributed by atoms with van der Waals surface area (Å²) < 4.78 is 5.90. The highest BCUT2D eigenvalue weighted by Gasteiger charge is 2.20. The van der Waals surface area contributed by atoms with E-state index in [-0.39, 0.29) is 0 Å². The minimum Gasteiger partial charge on any atom is -0.492 e. The Labute approximate surface area is 171 Å². The molecule has 0 N–H and O–H groups in total. The number of aryl methyl sites for hydroxylation is 1. The SMILES string of the molecule is CCCCc1ccc(OCCN2CCN(c3cc(Cl)nnc3Cl)CC2)cc1. The van der Waals surface area contributed by atoms with Crippen molar-refractivity contribution in [3.8, 4) is 5.75 Å². The molecule has 0 amide bonds. The van der Waals surface area contributed by atoms with E-state index in [1.165, 1.54) is 18.4 Å². The number of unbranched alkanes of at least 4 members (excludes halogenated alkanes) is 1. The Morgan fingerprint density at radius 2 is 1.78 bits per heavy atom. The molecule has 146 valence electrons. The summed E-state index contributed by atoms with van der Waals surface area (Å²) in [5, 5.41) is 8.42. The van der Waals surface area contributed by atoms with Gasteiger partial charge < -0.3 is 9.64 Å². The monoisotopic (exact) mass is 408 g/mol. The molecule has 3 rings (SSSR count). The fourth-order valence-electron chi connectivity index (χ4n) is 3.20. The molecule has 0 aliphatic carbocycles. The highest BCUT2D eigenvalue weighted by atomic mass is 35.5. The lowest BCUT2D eigenvalue weighted by Gasteiger charge is -2.36. The van der Waals surface area contributed by atoms with E-state index < -0.39 is 0 Å². The molecule has 5 nitrogen and oxygen atoms in total. The third kappa shape index (κ3) is 5.96. The number of hydrogen-bond donors (Lipinski definition) is 0. The zero-order valence-electron chi connectivity index (χ0n) is 15.7. The maximum Gasteiger partial charge on any atom is 0.175 e. The van der Waals surface area contributed by atoms with Crippen LogP contribution >= 0.6 is 23.2 Å². The fraction of sp³-hybridized carbons (Fsp3) is 0.500. The molecule has 0 bridgehead atoms. The molecule has 0 spiro atoms. The Balaban J connectivity index is 1.40. The van der Waals surface area contributed by atoms with Crippen molar-refractivity contribution in [2.45, 2.75) is 26.2 Å². The van der Waals surface area contributed by atoms with Crippen LogP contribution < -0.4 is 9.64 Å². The summed E-state index contributed by atoms with van der Waals surface area (Å²) in [5.74, 6) is 0.943. The molecular weight excluding hydrogens is 383 g/mol. The summed E-state index contributed by atoms with van der Waals surface area (Å²) in [6.45, 7) is 7.49. The van der Waals surface area contributed by atoms with Crippen LogP contribution in [-0.4, -0.2) is 54.4 Å². The van der Waals surface area contributed by atoms with Crippen LogP contribution in [0, 0.1) is 0 Å². The zero-order valence-corrected chi connectivity index (χ0v) is 17.2. The van der Waals surface area contributed by atoms with Gasteiger partial charge in [-0.1, -0.05) is 48.7 Å². The highest BCUT2D eigenvalue weighted by molar-refractivity contribution is 6.33. The molecule has 1 aromatic heterocycles. The summed E-state index contributed by atoms with van der Waals surface area (Å²) in [6.07, 6.45) is 3.60. The molecule has 1 fully saturated rings. The van der Waals surface area contributed by atoms with Gasteiger partial charge in [0.1, 0.15) is 12.4 Å².